The maximum absolute atomic E-state index is 9.58. The Bertz CT molecular complexity index is 529. The highest BCUT2D eigenvalue weighted by molar-refractivity contribution is 5.66. The van der Waals surface area contributed by atoms with Gasteiger partial charge in [0.2, 0.25) is 0 Å². The molecule has 3 nitrogen and oxygen atoms in total. The Hall–Kier alpha value is -2.34. The van der Waals surface area contributed by atoms with Crippen LogP contribution in [0.2, 0.25) is 0 Å². The van der Waals surface area contributed by atoms with Gasteiger partial charge in [0.05, 0.1) is 11.6 Å². The number of nitriles is 1. The zero-order chi connectivity index (χ0) is 10.7. The Morgan fingerprint density at radius 3 is 2.80 bits per heavy atom. The molecular formula is C12H8N2O. The lowest BCUT2D eigenvalue weighted by molar-refractivity contribution is 0.475. The van der Waals surface area contributed by atoms with Gasteiger partial charge in [-0.15, -0.1) is 0 Å². The monoisotopic (exact) mass is 196 g/mol. The van der Waals surface area contributed by atoms with Crippen molar-refractivity contribution >= 4 is 0 Å². The van der Waals surface area contributed by atoms with Crippen LogP contribution in [0.4, 0.5) is 0 Å². The van der Waals surface area contributed by atoms with Crippen molar-refractivity contribution in [3.05, 3.63) is 48.2 Å². The quantitative estimate of drug-likeness (QED) is 0.761. The first kappa shape index (κ1) is 9.22. The molecule has 1 aromatic carbocycles. The Balaban J connectivity index is 2.55. The van der Waals surface area contributed by atoms with E-state index < -0.39 is 0 Å². The number of aromatic hydroxyl groups is 1. The van der Waals surface area contributed by atoms with Crippen molar-refractivity contribution in [3.8, 4) is 23.1 Å². The van der Waals surface area contributed by atoms with Crippen LogP contribution in [-0.2, 0) is 0 Å². The number of hydrogen-bond donors (Lipinski definition) is 1. The molecule has 1 heterocycles. The van der Waals surface area contributed by atoms with E-state index in [4.69, 9.17) is 5.26 Å². The minimum Gasteiger partial charge on any atom is -0.506 e. The highest BCUT2D eigenvalue weighted by Gasteiger charge is 2.04. The molecule has 1 N–H and O–H groups in total. The van der Waals surface area contributed by atoms with Crippen LogP contribution >= 0.6 is 0 Å². The smallest absolute Gasteiger partial charge is 0.141 e. The molecule has 0 aliphatic heterocycles. The van der Waals surface area contributed by atoms with Crippen LogP contribution in [0, 0.1) is 11.3 Å². The van der Waals surface area contributed by atoms with E-state index in [1.54, 1.807) is 36.5 Å². The zero-order valence-electron chi connectivity index (χ0n) is 7.88. The van der Waals surface area contributed by atoms with Crippen LogP contribution in [0.25, 0.3) is 11.3 Å². The van der Waals surface area contributed by atoms with Crippen molar-refractivity contribution in [3.63, 3.8) is 0 Å². The van der Waals surface area contributed by atoms with E-state index in [2.05, 4.69) is 4.98 Å². The molecule has 0 atom stereocenters. The van der Waals surface area contributed by atoms with E-state index >= 15 is 0 Å². The van der Waals surface area contributed by atoms with Gasteiger partial charge in [0.15, 0.2) is 0 Å². The van der Waals surface area contributed by atoms with Gasteiger partial charge < -0.3 is 5.11 Å². The number of hydrogen-bond acceptors (Lipinski definition) is 3. The van der Waals surface area contributed by atoms with Crippen molar-refractivity contribution in [2.75, 3.05) is 0 Å². The second kappa shape index (κ2) is 3.81. The number of nitrogens with zero attached hydrogens (tertiary/aromatic N) is 2. The molecule has 1 aromatic heterocycles. The third-order valence-electron chi connectivity index (χ3n) is 2.05. The van der Waals surface area contributed by atoms with Crippen LogP contribution in [-0.4, -0.2) is 10.1 Å². The summed E-state index contributed by atoms with van der Waals surface area (Å²) in [5, 5.41) is 18.3. The minimum atomic E-state index is 0.118. The standard InChI is InChI=1S/C12H8N2O/c13-8-9-3-1-4-10(7-9)12-11(15)5-2-6-14-12/h1-7,15H. The second-order valence-electron chi connectivity index (χ2n) is 3.06. The average molecular weight is 196 g/mol. The Labute approximate surface area is 87.3 Å². The molecule has 0 unspecified atom stereocenters. The highest BCUT2D eigenvalue weighted by Crippen LogP contribution is 2.26. The van der Waals surface area contributed by atoms with E-state index in [1.165, 1.54) is 0 Å². The molecule has 72 valence electrons. The van der Waals surface area contributed by atoms with Crippen molar-refractivity contribution in [1.82, 2.24) is 4.98 Å². The van der Waals surface area contributed by atoms with Gasteiger partial charge in [-0.2, -0.15) is 5.26 Å². The van der Waals surface area contributed by atoms with Gasteiger partial charge in [-0.1, -0.05) is 12.1 Å². The van der Waals surface area contributed by atoms with E-state index in [0.29, 0.717) is 11.3 Å². The number of pyridine rings is 1. The summed E-state index contributed by atoms with van der Waals surface area (Å²) in [5.74, 6) is 0.118. The first-order valence-electron chi connectivity index (χ1n) is 4.46. The van der Waals surface area contributed by atoms with Crippen molar-refractivity contribution < 1.29 is 5.11 Å². The SMILES string of the molecule is N#Cc1cccc(-c2ncccc2O)c1. The van der Waals surface area contributed by atoms with E-state index in [-0.39, 0.29) is 5.75 Å². The first-order valence-corrected chi connectivity index (χ1v) is 4.46. The highest BCUT2D eigenvalue weighted by atomic mass is 16.3. The van der Waals surface area contributed by atoms with Gasteiger partial charge in [0, 0.05) is 11.8 Å². The largest absolute Gasteiger partial charge is 0.506 e. The summed E-state index contributed by atoms with van der Waals surface area (Å²) in [7, 11) is 0. The van der Waals surface area contributed by atoms with E-state index in [9.17, 15) is 5.11 Å². The normalized spacial score (nSPS) is 9.53. The van der Waals surface area contributed by atoms with Gasteiger partial charge in [-0.25, -0.2) is 0 Å². The van der Waals surface area contributed by atoms with Crippen LogP contribution in [0.5, 0.6) is 5.75 Å². The molecule has 2 rings (SSSR count). The van der Waals surface area contributed by atoms with Gasteiger partial charge in [0.1, 0.15) is 11.4 Å². The van der Waals surface area contributed by atoms with Gasteiger partial charge in [0.25, 0.3) is 0 Å². The first-order chi connectivity index (χ1) is 7.31. The van der Waals surface area contributed by atoms with Gasteiger partial charge in [-0.05, 0) is 24.3 Å². The third kappa shape index (κ3) is 1.79. The van der Waals surface area contributed by atoms with Crippen LogP contribution < -0.4 is 0 Å². The summed E-state index contributed by atoms with van der Waals surface area (Å²) in [6, 6.07) is 12.3. The molecule has 0 saturated heterocycles. The summed E-state index contributed by atoms with van der Waals surface area (Å²) in [5.41, 5.74) is 1.79. The molecule has 0 aliphatic rings. The van der Waals surface area contributed by atoms with Crippen molar-refractivity contribution in [2.24, 2.45) is 0 Å². The Morgan fingerprint density at radius 2 is 2.07 bits per heavy atom. The molecule has 3 heteroatoms. The minimum absolute atomic E-state index is 0.118. The molecule has 0 amide bonds. The fraction of sp³-hybridized carbons (Fsp3) is 0. The molecule has 2 aromatic rings. The predicted octanol–water partition coefficient (Wildman–Crippen LogP) is 2.33. The van der Waals surface area contributed by atoms with Crippen LogP contribution in [0.3, 0.4) is 0 Å². The lowest BCUT2D eigenvalue weighted by Crippen LogP contribution is -1.84. The third-order valence-corrected chi connectivity index (χ3v) is 2.05. The van der Waals surface area contributed by atoms with Gasteiger partial charge >= 0.3 is 0 Å². The summed E-state index contributed by atoms with van der Waals surface area (Å²) < 4.78 is 0. The fourth-order valence-corrected chi connectivity index (χ4v) is 1.36. The Kier molecular flexibility index (Phi) is 2.34. The zero-order valence-corrected chi connectivity index (χ0v) is 7.88. The topological polar surface area (TPSA) is 56.9 Å². The molecule has 0 saturated carbocycles. The Morgan fingerprint density at radius 1 is 1.20 bits per heavy atom. The predicted molar refractivity (Wildman–Crippen MR) is 56.1 cm³/mol. The van der Waals surface area contributed by atoms with E-state index in [1.807, 2.05) is 12.1 Å². The van der Waals surface area contributed by atoms with Gasteiger partial charge in [-0.3, -0.25) is 4.98 Å². The lowest BCUT2D eigenvalue weighted by atomic mass is 10.1. The summed E-state index contributed by atoms with van der Waals surface area (Å²) in [6.45, 7) is 0. The maximum Gasteiger partial charge on any atom is 0.141 e. The van der Waals surface area contributed by atoms with Crippen LogP contribution in [0.15, 0.2) is 42.6 Å². The summed E-state index contributed by atoms with van der Waals surface area (Å²) in [6.07, 6.45) is 1.61. The molecule has 0 fully saturated rings. The van der Waals surface area contributed by atoms with Crippen molar-refractivity contribution in [2.45, 2.75) is 0 Å². The molecule has 0 spiro atoms. The number of aromatic nitrogens is 1. The fourth-order valence-electron chi connectivity index (χ4n) is 1.36. The molecule has 0 bridgehead atoms. The summed E-state index contributed by atoms with van der Waals surface area (Å²) in [4.78, 5) is 4.06. The number of benzene rings is 1. The average Bonchev–Trinajstić information content (AvgIpc) is 2.30. The second-order valence-corrected chi connectivity index (χ2v) is 3.06. The van der Waals surface area contributed by atoms with Crippen LogP contribution in [0.1, 0.15) is 5.56 Å². The molecule has 0 aliphatic carbocycles. The molecule has 15 heavy (non-hydrogen) atoms. The molecular weight excluding hydrogens is 188 g/mol. The van der Waals surface area contributed by atoms with Crippen molar-refractivity contribution in [1.29, 1.82) is 5.26 Å². The lowest BCUT2D eigenvalue weighted by Gasteiger charge is -2.02. The molecule has 0 radical (unpaired) electrons. The van der Waals surface area contributed by atoms with E-state index in [0.717, 1.165) is 5.56 Å². The summed E-state index contributed by atoms with van der Waals surface area (Å²) >= 11 is 0. The number of rotatable bonds is 1. The maximum atomic E-state index is 9.58.